The Hall–Kier alpha value is -12.3. The van der Waals surface area contributed by atoms with Crippen molar-refractivity contribution in [3.05, 3.63) is 238 Å². The lowest BCUT2D eigenvalue weighted by atomic mass is 9.89. The van der Waals surface area contributed by atoms with Gasteiger partial charge in [0.2, 0.25) is 0 Å². The Bertz CT molecular complexity index is 4200. The highest BCUT2D eigenvalue weighted by Crippen LogP contribution is 2.49. The molecule has 10 aromatic carbocycles. The fourth-order valence-electron chi connectivity index (χ4n) is 10.2. The van der Waals surface area contributed by atoms with Crippen LogP contribution in [-0.2, 0) is 0 Å². The van der Waals surface area contributed by atoms with E-state index in [0.717, 1.165) is 100 Å². The van der Waals surface area contributed by atoms with Gasteiger partial charge in [-0.25, -0.2) is 0 Å². The van der Waals surface area contributed by atoms with Crippen molar-refractivity contribution in [1.29, 1.82) is 42.1 Å². The average Bonchev–Trinajstić information content (AvgIpc) is 3.52. The van der Waals surface area contributed by atoms with Crippen LogP contribution in [0.2, 0.25) is 0 Å². The van der Waals surface area contributed by atoms with Gasteiger partial charge in [0.25, 0.3) is 0 Å². The number of ether oxygens (including phenoxy) is 2. The van der Waals surface area contributed by atoms with Gasteiger partial charge in [-0.1, -0.05) is 72.8 Å². The van der Waals surface area contributed by atoms with E-state index in [0.29, 0.717) is 23.0 Å². The fourth-order valence-corrected chi connectivity index (χ4v) is 10.2. The number of benzene rings is 10. The molecule has 0 unspecified atom stereocenters. The van der Waals surface area contributed by atoms with E-state index in [4.69, 9.17) is 9.47 Å². The summed E-state index contributed by atoms with van der Waals surface area (Å²) in [5.74, 6) is 2.26. The molecule has 80 heavy (non-hydrogen) atoms. The number of hydrogen-bond donors (Lipinski definition) is 0. The maximum atomic E-state index is 9.86. The average molecular weight is 1020 g/mol. The minimum Gasteiger partial charge on any atom is -0.450 e. The second-order valence-corrected chi connectivity index (χ2v) is 19.1. The minimum atomic E-state index is 0.266. The highest BCUT2D eigenvalue weighted by molar-refractivity contribution is 5.87. The molecule has 0 aromatic heterocycles. The second kappa shape index (κ2) is 20.8. The quantitative estimate of drug-likeness (QED) is 0.141. The van der Waals surface area contributed by atoms with Crippen LogP contribution in [-0.4, -0.2) is 0 Å². The molecule has 0 fully saturated rings. The van der Waals surface area contributed by atoms with Gasteiger partial charge >= 0.3 is 0 Å². The van der Waals surface area contributed by atoms with Crippen LogP contribution in [0.1, 0.15) is 55.6 Å². The van der Waals surface area contributed by atoms with Gasteiger partial charge in [0.1, 0.15) is 48.6 Å². The lowest BCUT2D eigenvalue weighted by Gasteiger charge is -2.22. The van der Waals surface area contributed by atoms with Crippen LogP contribution in [0.25, 0.3) is 89.0 Å². The van der Waals surface area contributed by atoms with Crippen molar-refractivity contribution in [2.45, 2.75) is 13.8 Å². The van der Waals surface area contributed by atoms with Crippen LogP contribution in [0.15, 0.2) is 182 Å². The summed E-state index contributed by atoms with van der Waals surface area (Å²) in [5, 5.41) is 77.9. The molecule has 368 valence electrons. The molecule has 10 aromatic rings. The Morgan fingerprint density at radius 3 is 0.738 bits per heavy atom. The van der Waals surface area contributed by atoms with E-state index < -0.39 is 0 Å². The summed E-state index contributed by atoms with van der Waals surface area (Å²) in [6.45, 7) is 4.09. The zero-order valence-electron chi connectivity index (χ0n) is 42.7. The summed E-state index contributed by atoms with van der Waals surface area (Å²) < 4.78 is 13.0. The Balaban J connectivity index is 0.893. The molecule has 0 atom stereocenters. The first kappa shape index (κ1) is 49.9. The van der Waals surface area contributed by atoms with Crippen molar-refractivity contribution in [2.75, 3.05) is 0 Å². The maximum Gasteiger partial charge on any atom is 0.170 e. The summed E-state index contributed by atoms with van der Waals surface area (Å²) in [7, 11) is 0. The fraction of sp³-hybridized carbons (Fsp3) is 0.0286. The number of nitrogens with zero attached hydrogens (tertiary/aromatic N) is 8. The molecule has 0 saturated carbocycles. The molecule has 0 bridgehead atoms. The monoisotopic (exact) mass is 1020 g/mol. The zero-order valence-corrected chi connectivity index (χ0v) is 42.7. The molecule has 1 heterocycles. The highest BCUT2D eigenvalue weighted by Gasteiger charge is 2.22. The number of rotatable bonds is 8. The molecule has 10 nitrogen and oxygen atoms in total. The normalized spacial score (nSPS) is 10.7. The predicted octanol–water partition coefficient (Wildman–Crippen LogP) is 16.5. The van der Waals surface area contributed by atoms with Gasteiger partial charge in [0, 0.05) is 0 Å². The maximum absolute atomic E-state index is 9.86. The Morgan fingerprint density at radius 2 is 0.450 bits per heavy atom. The van der Waals surface area contributed by atoms with Crippen LogP contribution >= 0.6 is 0 Å². The number of nitriles is 8. The molecule has 0 amide bonds. The van der Waals surface area contributed by atoms with Crippen LogP contribution in [0.3, 0.4) is 0 Å². The third-order valence-corrected chi connectivity index (χ3v) is 14.3. The van der Waals surface area contributed by atoms with Crippen molar-refractivity contribution >= 4 is 0 Å². The largest absolute Gasteiger partial charge is 0.450 e. The molecule has 0 radical (unpaired) electrons. The van der Waals surface area contributed by atoms with Crippen molar-refractivity contribution < 1.29 is 9.47 Å². The van der Waals surface area contributed by atoms with Crippen molar-refractivity contribution in [3.63, 3.8) is 0 Å². The molecule has 1 aliphatic rings. The Labute approximate surface area is 461 Å². The van der Waals surface area contributed by atoms with E-state index in [1.165, 1.54) is 0 Å². The Morgan fingerprint density at radius 1 is 0.212 bits per heavy atom. The lowest BCUT2D eigenvalue weighted by molar-refractivity contribution is 0.360. The third kappa shape index (κ3) is 9.34. The van der Waals surface area contributed by atoms with Gasteiger partial charge < -0.3 is 9.47 Å². The van der Waals surface area contributed by atoms with Crippen molar-refractivity contribution in [3.8, 4) is 161 Å². The molecule has 11 rings (SSSR count). The van der Waals surface area contributed by atoms with Gasteiger partial charge in [-0.15, -0.1) is 0 Å². The van der Waals surface area contributed by atoms with E-state index in [2.05, 4.69) is 85.0 Å². The van der Waals surface area contributed by atoms with Crippen LogP contribution < -0.4 is 9.47 Å². The molecule has 10 heteroatoms. The molecule has 0 spiro atoms. The first-order chi connectivity index (χ1) is 39.0. The van der Waals surface area contributed by atoms with Gasteiger partial charge in [-0.05, 0) is 223 Å². The third-order valence-electron chi connectivity index (χ3n) is 14.3. The highest BCUT2D eigenvalue weighted by atomic mass is 16.6. The summed E-state index contributed by atoms with van der Waals surface area (Å²) in [5.41, 5.74) is 17.8. The summed E-state index contributed by atoms with van der Waals surface area (Å²) in [6.07, 6.45) is 0. The SMILES string of the molecule is Cc1cc(-c2ccc3c(c2)Oc2cc(-c4ccc(-c5cc(-c6ccc(C#N)c(C#N)c6)cc(-c6ccc(C#N)c(C#N)c6)c5)c(C)c4)ccc2O3)ccc1-c1cc(-c2ccc(C#N)c(C#N)c2)cc(-c2ccc(C#N)c(C#N)c2)c1. The molecule has 0 aliphatic carbocycles. The van der Waals surface area contributed by atoms with Gasteiger partial charge in [-0.3, -0.25) is 0 Å². The van der Waals surface area contributed by atoms with E-state index in [1.807, 2.05) is 111 Å². The smallest absolute Gasteiger partial charge is 0.170 e. The van der Waals surface area contributed by atoms with Crippen molar-refractivity contribution in [1.82, 2.24) is 0 Å². The van der Waals surface area contributed by atoms with E-state index >= 15 is 0 Å². The zero-order chi connectivity index (χ0) is 55.6. The first-order valence-electron chi connectivity index (χ1n) is 25.0. The molecular weight excluding hydrogens is 985 g/mol. The van der Waals surface area contributed by atoms with Crippen LogP contribution in [0.5, 0.6) is 23.0 Å². The van der Waals surface area contributed by atoms with E-state index in [1.54, 1.807) is 48.5 Å². The minimum absolute atomic E-state index is 0.266. The van der Waals surface area contributed by atoms with Crippen LogP contribution in [0.4, 0.5) is 0 Å². The van der Waals surface area contributed by atoms with Gasteiger partial charge in [0.05, 0.1) is 44.5 Å². The summed E-state index contributed by atoms with van der Waals surface area (Å²) in [4.78, 5) is 0. The first-order valence-corrected chi connectivity index (χ1v) is 25.0. The van der Waals surface area contributed by atoms with Gasteiger partial charge in [0.15, 0.2) is 23.0 Å². The number of fused-ring (bicyclic) bond motifs is 2. The standard InChI is InChI=1S/C70H36N8O2/c1-41-19-43(11-15-65(41)59-27-55(45-3-7-51(33-71)61(21-45)37-75)25-56(28-59)46-4-8-52(34-72)62(22-46)38-76)49-13-17-67-69(31-49)80-70-32-50(14-18-68(70)79-67)44-12-16-66(42(2)20-44)60-29-57(47-5-9-53(35-73)63(23-47)39-77)26-58(30-60)48-6-10-54(36-74)64(24-48)40-78/h3-32H,1-2H3. The van der Waals surface area contributed by atoms with Crippen LogP contribution in [0, 0.1) is 104 Å². The lowest BCUT2D eigenvalue weighted by Crippen LogP contribution is -1.99. The molecule has 0 saturated heterocycles. The Kier molecular flexibility index (Phi) is 13.0. The summed E-state index contributed by atoms with van der Waals surface area (Å²) >= 11 is 0. The van der Waals surface area contributed by atoms with E-state index in [-0.39, 0.29) is 44.5 Å². The van der Waals surface area contributed by atoms with Gasteiger partial charge in [-0.2, -0.15) is 42.1 Å². The summed E-state index contributed by atoms with van der Waals surface area (Å²) in [6, 6.07) is 73.9. The van der Waals surface area contributed by atoms with E-state index in [9.17, 15) is 42.1 Å². The second-order valence-electron chi connectivity index (χ2n) is 19.1. The predicted molar refractivity (Wildman–Crippen MR) is 304 cm³/mol. The molecule has 0 N–H and O–H groups in total. The number of hydrogen-bond acceptors (Lipinski definition) is 10. The number of aryl methyl sites for hydroxylation is 2. The topological polar surface area (TPSA) is 209 Å². The molecule has 1 aliphatic heterocycles. The molecular formula is C70H36N8O2. The van der Waals surface area contributed by atoms with Crippen molar-refractivity contribution in [2.24, 2.45) is 0 Å².